The summed E-state index contributed by atoms with van der Waals surface area (Å²) in [5.74, 6) is -1.50. The highest BCUT2D eigenvalue weighted by atomic mass is 32.1. The van der Waals surface area contributed by atoms with Crippen molar-refractivity contribution < 1.29 is 22.7 Å². The topological polar surface area (TPSA) is 78.3 Å². The van der Waals surface area contributed by atoms with Crippen molar-refractivity contribution in [3.05, 3.63) is 11.9 Å². The molecule has 0 fully saturated rings. The van der Waals surface area contributed by atoms with Crippen LogP contribution >= 0.6 is 24.8 Å². The molecule has 9 heteroatoms. The second-order valence-electron chi connectivity index (χ2n) is 1.92. The van der Waals surface area contributed by atoms with Crippen LogP contribution in [0, 0.1) is 0 Å². The minimum atomic E-state index is -2.34. The van der Waals surface area contributed by atoms with E-state index in [1.807, 2.05) is 0 Å². The highest BCUT2D eigenvalue weighted by Crippen LogP contribution is 2.12. The van der Waals surface area contributed by atoms with Gasteiger partial charge in [0.1, 0.15) is 0 Å². The molecule has 0 aromatic heterocycles. The zero-order valence-corrected chi connectivity index (χ0v) is 9.09. The van der Waals surface area contributed by atoms with Gasteiger partial charge in [0, 0.05) is 6.42 Å². The fourth-order valence-electron chi connectivity index (χ4n) is 0.336. The van der Waals surface area contributed by atoms with E-state index in [4.69, 9.17) is 10.5 Å². The first-order chi connectivity index (χ1) is 6.77. The smallest absolute Gasteiger partial charge is 0.301 e. The van der Waals surface area contributed by atoms with E-state index in [0.29, 0.717) is 0 Å². The maximum atomic E-state index is 11.9. The Morgan fingerprint density at radius 3 is 1.94 bits per heavy atom. The third kappa shape index (κ3) is 23.1. The minimum Gasteiger partial charge on any atom is -0.471 e. The summed E-state index contributed by atoms with van der Waals surface area (Å²) in [5, 5.41) is -0.919. The van der Waals surface area contributed by atoms with E-state index in [1.165, 1.54) is 0 Å². The lowest BCUT2D eigenvalue weighted by Gasteiger charge is -1.99. The van der Waals surface area contributed by atoms with Gasteiger partial charge in [-0.15, -0.1) is 0 Å². The van der Waals surface area contributed by atoms with Crippen LogP contribution in [0.25, 0.3) is 0 Å². The number of carbonyl (C=O) groups is 1. The number of carbonyl (C=O) groups excluding carboxylic acids is 1. The van der Waals surface area contributed by atoms with Gasteiger partial charge in [0.25, 0.3) is 10.4 Å². The molecule has 0 rings (SSSR count). The first kappa shape index (κ1) is 20.5. The maximum absolute atomic E-state index is 11.9. The molecule has 0 aromatic rings. The third-order valence-corrected chi connectivity index (χ3v) is 0.889. The molecule has 0 aliphatic heterocycles. The van der Waals surface area contributed by atoms with Crippen molar-refractivity contribution in [2.45, 2.75) is 13.8 Å². The summed E-state index contributed by atoms with van der Waals surface area (Å²) >= 11 is 7.35. The number of hydrogen-bond donors (Lipinski definition) is 3. The van der Waals surface area contributed by atoms with Crippen molar-refractivity contribution in [2.75, 3.05) is 6.61 Å². The second-order valence-corrected chi connectivity index (χ2v) is 2.76. The van der Waals surface area contributed by atoms with Crippen LogP contribution in [0.3, 0.4) is 0 Å². The standard InChI is InChI=1S/C5H6F3NOS.CH3NOS.CH4/c6-3(4(7)8)1-2-10-5(9)11;2-1(3)4;/h1-2H2,(H2,9,11);(H3,2,3,4);1H4. The summed E-state index contributed by atoms with van der Waals surface area (Å²) in [7, 11) is 0. The molecule has 0 unspecified atom stereocenters. The normalized spacial score (nSPS) is 7.75. The Labute approximate surface area is 102 Å². The number of halogens is 3. The van der Waals surface area contributed by atoms with E-state index in [1.54, 1.807) is 0 Å². The fourth-order valence-corrected chi connectivity index (χ4v) is 0.419. The summed E-state index contributed by atoms with van der Waals surface area (Å²) in [4.78, 5) is 9.09. The van der Waals surface area contributed by atoms with E-state index < -0.39 is 23.6 Å². The summed E-state index contributed by atoms with van der Waals surface area (Å²) in [6.07, 6.45) is -2.85. The molecule has 1 amide bonds. The van der Waals surface area contributed by atoms with Gasteiger partial charge in [0.15, 0.2) is 5.83 Å². The van der Waals surface area contributed by atoms with Crippen LogP contribution < -0.4 is 11.5 Å². The minimum absolute atomic E-state index is 0. The van der Waals surface area contributed by atoms with Crippen molar-refractivity contribution >= 4 is 35.3 Å². The second kappa shape index (κ2) is 12.1. The zero-order valence-electron chi connectivity index (χ0n) is 7.37. The van der Waals surface area contributed by atoms with Crippen molar-refractivity contribution in [1.29, 1.82) is 0 Å². The Kier molecular flexibility index (Phi) is 15.5. The van der Waals surface area contributed by atoms with E-state index in [9.17, 15) is 13.2 Å². The Bertz CT molecular complexity index is 254. The maximum Gasteiger partial charge on any atom is 0.301 e. The van der Waals surface area contributed by atoms with Gasteiger partial charge in [0.05, 0.1) is 6.61 Å². The van der Waals surface area contributed by atoms with Gasteiger partial charge in [-0.05, 0) is 12.2 Å². The Balaban J connectivity index is -0.000000292. The number of thiol groups is 1. The molecule has 0 heterocycles. The molecule has 0 radical (unpaired) electrons. The molecule has 16 heavy (non-hydrogen) atoms. The van der Waals surface area contributed by atoms with Crippen LogP contribution in [0.2, 0.25) is 0 Å². The first-order valence-corrected chi connectivity index (χ1v) is 4.23. The number of amides is 1. The Morgan fingerprint density at radius 2 is 1.69 bits per heavy atom. The molecule has 0 aromatic carbocycles. The van der Waals surface area contributed by atoms with Gasteiger partial charge in [0.2, 0.25) is 0 Å². The number of thiocarbonyl (C=S) groups is 1. The molecule has 0 atom stereocenters. The number of nitrogens with two attached hydrogens (primary N) is 2. The molecule has 0 bridgehead atoms. The quantitative estimate of drug-likeness (QED) is 0.547. The number of primary amides is 1. The molecule has 0 saturated heterocycles. The van der Waals surface area contributed by atoms with Gasteiger partial charge < -0.3 is 16.2 Å². The van der Waals surface area contributed by atoms with Gasteiger partial charge in [-0.1, -0.05) is 20.1 Å². The van der Waals surface area contributed by atoms with Crippen LogP contribution in [0.5, 0.6) is 0 Å². The molecule has 4 nitrogen and oxygen atoms in total. The van der Waals surface area contributed by atoms with E-state index in [2.05, 4.69) is 35.3 Å². The largest absolute Gasteiger partial charge is 0.471 e. The molecule has 0 aliphatic carbocycles. The van der Waals surface area contributed by atoms with Crippen molar-refractivity contribution in [3.63, 3.8) is 0 Å². The lowest BCUT2D eigenvalue weighted by Crippen LogP contribution is -2.13. The average molecular weight is 278 g/mol. The van der Waals surface area contributed by atoms with Crippen molar-refractivity contribution in [3.8, 4) is 0 Å². The summed E-state index contributed by atoms with van der Waals surface area (Å²) < 4.78 is 39.0. The highest BCUT2D eigenvalue weighted by Gasteiger charge is 2.04. The molecule has 0 spiro atoms. The monoisotopic (exact) mass is 278 g/mol. The highest BCUT2D eigenvalue weighted by molar-refractivity contribution is 7.96. The van der Waals surface area contributed by atoms with Crippen LogP contribution in [0.1, 0.15) is 13.8 Å². The van der Waals surface area contributed by atoms with Gasteiger partial charge >= 0.3 is 6.08 Å². The van der Waals surface area contributed by atoms with E-state index in [0.717, 1.165) is 0 Å². The Morgan fingerprint density at radius 1 is 1.31 bits per heavy atom. The Hall–Kier alpha value is -0.960. The molecular weight excluding hydrogens is 265 g/mol. The predicted octanol–water partition coefficient (Wildman–Crippen LogP) is 2.35. The summed E-state index contributed by atoms with van der Waals surface area (Å²) in [6, 6.07) is 0. The molecule has 96 valence electrons. The third-order valence-electron chi connectivity index (χ3n) is 0.771. The van der Waals surface area contributed by atoms with Crippen LogP contribution in [-0.4, -0.2) is 17.0 Å². The number of ether oxygens (including phenoxy) is 1. The molecular formula is C7H13F3N2O2S2. The summed E-state index contributed by atoms with van der Waals surface area (Å²) in [6.45, 7) is -0.265. The van der Waals surface area contributed by atoms with Crippen molar-refractivity contribution in [2.24, 2.45) is 11.5 Å². The predicted molar refractivity (Wildman–Crippen MR) is 63.0 cm³/mol. The van der Waals surface area contributed by atoms with E-state index in [-0.39, 0.29) is 19.2 Å². The molecule has 4 N–H and O–H groups in total. The van der Waals surface area contributed by atoms with E-state index >= 15 is 0 Å². The lowest BCUT2D eigenvalue weighted by molar-refractivity contribution is 0.267. The van der Waals surface area contributed by atoms with Crippen LogP contribution in [-0.2, 0) is 4.74 Å². The number of rotatable bonds is 3. The molecule has 0 saturated carbocycles. The van der Waals surface area contributed by atoms with Gasteiger partial charge in [-0.25, -0.2) is 4.39 Å². The van der Waals surface area contributed by atoms with Crippen LogP contribution in [0.4, 0.5) is 18.0 Å². The fraction of sp³-hybridized carbons (Fsp3) is 0.429. The van der Waals surface area contributed by atoms with Gasteiger partial charge in [-0.3, -0.25) is 4.79 Å². The summed E-state index contributed by atoms with van der Waals surface area (Å²) in [5.41, 5.74) is 9.17. The zero-order chi connectivity index (χ0) is 12.4. The first-order valence-electron chi connectivity index (χ1n) is 3.37. The number of hydrogen-bond acceptors (Lipinski definition) is 3. The van der Waals surface area contributed by atoms with Crippen LogP contribution in [0.15, 0.2) is 11.9 Å². The lowest BCUT2D eigenvalue weighted by atomic mass is 10.4. The average Bonchev–Trinajstić information content (AvgIpc) is 2.01. The van der Waals surface area contributed by atoms with Gasteiger partial charge in [-0.2, -0.15) is 8.78 Å². The van der Waals surface area contributed by atoms with Crippen molar-refractivity contribution in [1.82, 2.24) is 0 Å². The SMILES string of the molecule is C.NC(=O)S.NC(=S)OCCC(F)=C(F)F. The molecule has 0 aliphatic rings.